The minimum absolute atomic E-state index is 0.0740. The van der Waals surface area contributed by atoms with Gasteiger partial charge < -0.3 is 10.1 Å². The van der Waals surface area contributed by atoms with Crippen molar-refractivity contribution < 1.29 is 27.5 Å². The van der Waals surface area contributed by atoms with Crippen molar-refractivity contribution in [2.45, 2.75) is 25.1 Å². The highest BCUT2D eigenvalue weighted by atomic mass is 19.4. The third kappa shape index (κ3) is 2.21. The van der Waals surface area contributed by atoms with Crippen LogP contribution in [0.15, 0.2) is 24.3 Å². The first-order valence-corrected chi connectivity index (χ1v) is 7.53. The lowest BCUT2D eigenvalue weighted by molar-refractivity contribution is -0.145. The van der Waals surface area contributed by atoms with Crippen LogP contribution in [0.25, 0.3) is 0 Å². The van der Waals surface area contributed by atoms with Gasteiger partial charge in [0.2, 0.25) is 5.91 Å². The lowest BCUT2D eigenvalue weighted by Crippen LogP contribution is -2.35. The van der Waals surface area contributed by atoms with Crippen LogP contribution in [0.3, 0.4) is 0 Å². The minimum Gasteiger partial charge on any atom is -0.462 e. The molecule has 1 saturated heterocycles. The maximum atomic E-state index is 12.7. The Labute approximate surface area is 130 Å². The Morgan fingerprint density at radius 3 is 2.78 bits per heavy atom. The van der Waals surface area contributed by atoms with Crippen LogP contribution in [0, 0.1) is 23.7 Å². The molecule has 1 heterocycles. The molecule has 23 heavy (non-hydrogen) atoms. The number of ether oxygens (including phenoxy) is 1. The number of esters is 1. The average molecular weight is 325 g/mol. The second-order valence-corrected chi connectivity index (χ2v) is 6.49. The van der Waals surface area contributed by atoms with Crippen LogP contribution in [-0.2, 0) is 20.5 Å². The number of carbonyl (C=O) groups is 2. The summed E-state index contributed by atoms with van der Waals surface area (Å²) < 4.78 is 43.5. The van der Waals surface area contributed by atoms with Crippen molar-refractivity contribution in [3.63, 3.8) is 0 Å². The largest absolute Gasteiger partial charge is 0.462 e. The Morgan fingerprint density at radius 1 is 1.26 bits per heavy atom. The van der Waals surface area contributed by atoms with Gasteiger partial charge in [0, 0.05) is 11.6 Å². The van der Waals surface area contributed by atoms with E-state index < -0.39 is 23.6 Å². The number of benzene rings is 1. The molecule has 1 aliphatic heterocycles. The quantitative estimate of drug-likeness (QED) is 0.851. The minimum atomic E-state index is -4.46. The number of amides is 1. The van der Waals surface area contributed by atoms with Gasteiger partial charge in [-0.1, -0.05) is 6.07 Å². The average Bonchev–Trinajstić information content (AvgIpc) is 3.08. The molecule has 1 aromatic carbocycles. The molecule has 1 N–H and O–H groups in total. The van der Waals surface area contributed by atoms with Crippen LogP contribution < -0.4 is 5.32 Å². The molecule has 2 aliphatic carbocycles. The molecule has 7 heteroatoms. The molecule has 3 fully saturated rings. The van der Waals surface area contributed by atoms with Gasteiger partial charge in [0.05, 0.1) is 17.4 Å². The summed E-state index contributed by atoms with van der Waals surface area (Å²) >= 11 is 0. The van der Waals surface area contributed by atoms with Crippen LogP contribution in [0.5, 0.6) is 0 Å². The van der Waals surface area contributed by atoms with E-state index in [1.807, 2.05) is 0 Å². The molecule has 122 valence electrons. The van der Waals surface area contributed by atoms with Crippen LogP contribution in [0.4, 0.5) is 18.9 Å². The summed E-state index contributed by atoms with van der Waals surface area (Å²) in [5.74, 6) is -1.51. The van der Waals surface area contributed by atoms with Crippen LogP contribution >= 0.6 is 0 Å². The number of halogens is 3. The predicted octanol–water partition coefficient (Wildman–Crippen LogP) is 2.84. The first-order chi connectivity index (χ1) is 10.8. The third-order valence-electron chi connectivity index (χ3n) is 5.24. The Bertz CT molecular complexity index is 685. The monoisotopic (exact) mass is 325 g/mol. The Balaban J connectivity index is 1.54. The highest BCUT2D eigenvalue weighted by Crippen LogP contribution is 2.57. The smallest absolute Gasteiger partial charge is 0.416 e. The predicted molar refractivity (Wildman–Crippen MR) is 73.1 cm³/mol. The summed E-state index contributed by atoms with van der Waals surface area (Å²) in [6, 6.07) is 4.52. The van der Waals surface area contributed by atoms with E-state index in [-0.39, 0.29) is 35.5 Å². The highest BCUT2D eigenvalue weighted by molar-refractivity contribution is 5.97. The lowest BCUT2D eigenvalue weighted by atomic mass is 9.79. The van der Waals surface area contributed by atoms with Gasteiger partial charge in [0.15, 0.2) is 0 Å². The molecule has 0 aromatic heterocycles. The SMILES string of the molecule is O=C(Nc1cccc(C(F)(F)F)c1)[C@H]1[C@H]2C[C@@H]3[C@@H]1C(=O)O[C@@H]3C2. The number of anilines is 1. The molecule has 4 nitrogen and oxygen atoms in total. The molecule has 0 unspecified atom stereocenters. The van der Waals surface area contributed by atoms with Crippen molar-refractivity contribution >= 4 is 17.6 Å². The Kier molecular flexibility index (Phi) is 2.98. The maximum Gasteiger partial charge on any atom is 0.416 e. The molecule has 5 atom stereocenters. The maximum absolute atomic E-state index is 12.7. The number of carbonyl (C=O) groups excluding carboxylic acids is 2. The topological polar surface area (TPSA) is 55.4 Å². The normalized spacial score (nSPS) is 34.6. The van der Waals surface area contributed by atoms with Crippen LogP contribution in [0.1, 0.15) is 18.4 Å². The first kappa shape index (κ1) is 14.5. The van der Waals surface area contributed by atoms with Gasteiger partial charge in [-0.2, -0.15) is 13.2 Å². The summed E-state index contributed by atoms with van der Waals surface area (Å²) in [5.41, 5.74) is -0.723. The van der Waals surface area contributed by atoms with Crippen molar-refractivity contribution in [3.05, 3.63) is 29.8 Å². The fourth-order valence-electron chi connectivity index (χ4n) is 4.36. The Hall–Kier alpha value is -2.05. The van der Waals surface area contributed by atoms with E-state index in [2.05, 4.69) is 5.32 Å². The zero-order valence-electron chi connectivity index (χ0n) is 12.0. The number of fused-ring (bicyclic) bond motifs is 1. The molecule has 4 rings (SSSR count). The number of nitrogens with one attached hydrogen (secondary N) is 1. The number of alkyl halides is 3. The summed E-state index contributed by atoms with van der Waals surface area (Å²) in [4.78, 5) is 24.4. The van der Waals surface area contributed by atoms with E-state index in [4.69, 9.17) is 4.74 Å². The van der Waals surface area contributed by atoms with Crippen molar-refractivity contribution in [2.24, 2.45) is 23.7 Å². The summed E-state index contributed by atoms with van der Waals surface area (Å²) in [7, 11) is 0. The van der Waals surface area contributed by atoms with Gasteiger partial charge in [0.1, 0.15) is 6.10 Å². The number of hydrogen-bond acceptors (Lipinski definition) is 3. The van der Waals surface area contributed by atoms with Crippen molar-refractivity contribution in [3.8, 4) is 0 Å². The van der Waals surface area contributed by atoms with E-state index in [9.17, 15) is 22.8 Å². The van der Waals surface area contributed by atoms with Crippen LogP contribution in [0.2, 0.25) is 0 Å². The molecule has 2 saturated carbocycles. The summed E-state index contributed by atoms with van der Waals surface area (Å²) in [6.07, 6.45) is -3.08. The van der Waals surface area contributed by atoms with Crippen molar-refractivity contribution in [1.29, 1.82) is 0 Å². The molecular formula is C16H14F3NO3. The third-order valence-corrected chi connectivity index (χ3v) is 5.24. The Morgan fingerprint density at radius 2 is 2.04 bits per heavy atom. The molecular weight excluding hydrogens is 311 g/mol. The first-order valence-electron chi connectivity index (χ1n) is 7.53. The van der Waals surface area contributed by atoms with Crippen molar-refractivity contribution in [2.75, 3.05) is 5.32 Å². The highest BCUT2D eigenvalue weighted by Gasteiger charge is 2.63. The van der Waals surface area contributed by atoms with E-state index in [1.165, 1.54) is 12.1 Å². The van der Waals surface area contributed by atoms with Crippen molar-refractivity contribution in [1.82, 2.24) is 0 Å². The molecule has 0 radical (unpaired) electrons. The molecule has 1 aromatic rings. The van der Waals surface area contributed by atoms with Gasteiger partial charge in [-0.25, -0.2) is 0 Å². The van der Waals surface area contributed by atoms with Gasteiger partial charge in [0.25, 0.3) is 0 Å². The summed E-state index contributed by atoms with van der Waals surface area (Å²) in [6.45, 7) is 0. The standard InChI is InChI=1S/C16H14F3NO3/c17-16(18,19)8-2-1-3-9(6-8)20-14(21)12-7-4-10-11(5-7)23-15(22)13(10)12/h1-3,6-7,10-13H,4-5H2,(H,20,21)/t7-,10-,11+,12-,13-/m0/s1. The van der Waals surface area contributed by atoms with E-state index in [0.717, 1.165) is 18.6 Å². The molecule has 3 aliphatic rings. The van der Waals surface area contributed by atoms with E-state index in [0.29, 0.717) is 6.42 Å². The fraction of sp³-hybridized carbons (Fsp3) is 0.500. The molecule has 0 spiro atoms. The zero-order valence-corrected chi connectivity index (χ0v) is 12.0. The zero-order chi connectivity index (χ0) is 16.4. The van der Waals surface area contributed by atoms with Gasteiger partial charge in [-0.15, -0.1) is 0 Å². The van der Waals surface area contributed by atoms with Crippen LogP contribution in [-0.4, -0.2) is 18.0 Å². The van der Waals surface area contributed by atoms with Gasteiger partial charge >= 0.3 is 12.1 Å². The number of hydrogen-bond donors (Lipinski definition) is 1. The molecule has 1 amide bonds. The van der Waals surface area contributed by atoms with E-state index in [1.54, 1.807) is 0 Å². The fourth-order valence-corrected chi connectivity index (χ4v) is 4.36. The second kappa shape index (κ2) is 4.72. The lowest BCUT2D eigenvalue weighted by Gasteiger charge is -2.23. The summed E-state index contributed by atoms with van der Waals surface area (Å²) in [5, 5.41) is 2.54. The molecule has 2 bridgehead atoms. The van der Waals surface area contributed by atoms with Gasteiger partial charge in [-0.05, 0) is 37.0 Å². The van der Waals surface area contributed by atoms with E-state index >= 15 is 0 Å². The second-order valence-electron chi connectivity index (χ2n) is 6.49. The van der Waals surface area contributed by atoms with Gasteiger partial charge in [-0.3, -0.25) is 9.59 Å². The number of rotatable bonds is 2.